The summed E-state index contributed by atoms with van der Waals surface area (Å²) in [5.41, 5.74) is 1.94. The molecule has 2 heterocycles. The molecule has 3 aromatic rings. The molecule has 0 saturated heterocycles. The summed E-state index contributed by atoms with van der Waals surface area (Å²) >= 11 is 1.63. The van der Waals surface area contributed by atoms with Crippen LogP contribution >= 0.6 is 11.3 Å². The molecule has 0 spiro atoms. The molecule has 1 aromatic carbocycles. The Labute approximate surface area is 127 Å². The van der Waals surface area contributed by atoms with Crippen LogP contribution in [0.1, 0.15) is 6.92 Å². The van der Waals surface area contributed by atoms with Crippen molar-refractivity contribution in [3.63, 3.8) is 0 Å². The highest BCUT2D eigenvalue weighted by Crippen LogP contribution is 2.27. The van der Waals surface area contributed by atoms with Crippen molar-refractivity contribution in [3.05, 3.63) is 41.1 Å². The van der Waals surface area contributed by atoms with Gasteiger partial charge in [-0.3, -0.25) is 0 Å². The van der Waals surface area contributed by atoms with E-state index in [1.807, 2.05) is 53.0 Å². The van der Waals surface area contributed by atoms with E-state index >= 15 is 0 Å². The van der Waals surface area contributed by atoms with E-state index in [1.54, 1.807) is 18.3 Å². The summed E-state index contributed by atoms with van der Waals surface area (Å²) in [5, 5.41) is 14.7. The monoisotopic (exact) mass is 299 g/mol. The van der Waals surface area contributed by atoms with E-state index in [0.717, 1.165) is 28.1 Å². The van der Waals surface area contributed by atoms with Crippen LogP contribution in [0.4, 0.5) is 5.82 Å². The summed E-state index contributed by atoms with van der Waals surface area (Å²) in [6, 6.07) is 9.99. The first-order valence-electron chi connectivity index (χ1n) is 6.83. The van der Waals surface area contributed by atoms with Crippen molar-refractivity contribution in [1.82, 2.24) is 9.97 Å². The number of aromatic nitrogens is 2. The van der Waals surface area contributed by atoms with Crippen LogP contribution in [0.2, 0.25) is 0 Å². The lowest BCUT2D eigenvalue weighted by atomic mass is 10.2. The molecule has 0 amide bonds. The fraction of sp³-hybridized carbons (Fsp3) is 0.250. The number of rotatable bonds is 4. The fourth-order valence-corrected chi connectivity index (χ4v) is 2.99. The standard InChI is InChI=1S/C16H17N3OS/c1-11(20)9-19(2)16-13-5-3-4-6-14(13)17-15(18-16)12-7-8-21-10-12/h3-8,10-11,20H,9H2,1-2H3. The third-order valence-electron chi connectivity index (χ3n) is 3.26. The maximum Gasteiger partial charge on any atom is 0.162 e. The number of benzene rings is 1. The third-order valence-corrected chi connectivity index (χ3v) is 3.95. The Morgan fingerprint density at radius 3 is 2.76 bits per heavy atom. The molecule has 0 radical (unpaired) electrons. The second kappa shape index (κ2) is 5.79. The molecule has 0 fully saturated rings. The number of para-hydroxylation sites is 1. The summed E-state index contributed by atoms with van der Waals surface area (Å²) in [4.78, 5) is 11.3. The number of likely N-dealkylation sites (N-methyl/N-ethyl adjacent to an activating group) is 1. The van der Waals surface area contributed by atoms with Gasteiger partial charge < -0.3 is 10.0 Å². The van der Waals surface area contributed by atoms with E-state index in [9.17, 15) is 5.11 Å². The minimum atomic E-state index is -0.409. The van der Waals surface area contributed by atoms with Gasteiger partial charge in [0.2, 0.25) is 0 Å². The number of anilines is 1. The first-order valence-corrected chi connectivity index (χ1v) is 7.78. The van der Waals surface area contributed by atoms with Gasteiger partial charge in [-0.25, -0.2) is 9.97 Å². The Bertz CT molecular complexity index is 740. The van der Waals surface area contributed by atoms with E-state index in [2.05, 4.69) is 4.98 Å². The number of nitrogens with zero attached hydrogens (tertiary/aromatic N) is 3. The van der Waals surface area contributed by atoms with Crippen LogP contribution in [-0.4, -0.2) is 34.8 Å². The van der Waals surface area contributed by atoms with Gasteiger partial charge in [-0.05, 0) is 30.5 Å². The maximum atomic E-state index is 9.63. The minimum Gasteiger partial charge on any atom is -0.392 e. The summed E-state index contributed by atoms with van der Waals surface area (Å²) in [6.07, 6.45) is -0.409. The second-order valence-corrected chi connectivity index (χ2v) is 5.91. The quantitative estimate of drug-likeness (QED) is 0.804. The molecule has 1 N–H and O–H groups in total. The highest BCUT2D eigenvalue weighted by molar-refractivity contribution is 7.08. The highest BCUT2D eigenvalue weighted by Gasteiger charge is 2.14. The van der Waals surface area contributed by atoms with Crippen molar-refractivity contribution in [3.8, 4) is 11.4 Å². The van der Waals surface area contributed by atoms with E-state index in [-0.39, 0.29) is 0 Å². The van der Waals surface area contributed by atoms with Gasteiger partial charge in [-0.1, -0.05) is 12.1 Å². The lowest BCUT2D eigenvalue weighted by Crippen LogP contribution is -2.28. The largest absolute Gasteiger partial charge is 0.392 e. The Hall–Kier alpha value is -1.98. The van der Waals surface area contributed by atoms with E-state index in [0.29, 0.717) is 6.54 Å². The predicted octanol–water partition coefficient (Wildman–Crippen LogP) is 3.18. The van der Waals surface area contributed by atoms with Crippen LogP contribution < -0.4 is 4.90 Å². The summed E-state index contributed by atoms with van der Waals surface area (Å²) < 4.78 is 0. The Kier molecular flexibility index (Phi) is 3.86. The molecular weight excluding hydrogens is 282 g/mol. The lowest BCUT2D eigenvalue weighted by Gasteiger charge is -2.21. The number of hydrogen-bond acceptors (Lipinski definition) is 5. The topological polar surface area (TPSA) is 49.2 Å². The number of aliphatic hydroxyl groups excluding tert-OH is 1. The first kappa shape index (κ1) is 14.0. The number of fused-ring (bicyclic) bond motifs is 1. The van der Waals surface area contributed by atoms with E-state index in [1.165, 1.54) is 0 Å². The van der Waals surface area contributed by atoms with Crippen molar-refractivity contribution < 1.29 is 5.11 Å². The van der Waals surface area contributed by atoms with Gasteiger partial charge in [0, 0.05) is 29.9 Å². The van der Waals surface area contributed by atoms with Gasteiger partial charge >= 0.3 is 0 Å². The van der Waals surface area contributed by atoms with Gasteiger partial charge in [-0.2, -0.15) is 11.3 Å². The first-order chi connectivity index (χ1) is 10.1. The van der Waals surface area contributed by atoms with Gasteiger partial charge in [0.25, 0.3) is 0 Å². The summed E-state index contributed by atoms with van der Waals surface area (Å²) in [6.45, 7) is 2.31. The molecule has 0 aliphatic rings. The molecule has 1 unspecified atom stereocenters. The number of aliphatic hydroxyl groups is 1. The Morgan fingerprint density at radius 2 is 2.05 bits per heavy atom. The molecule has 0 bridgehead atoms. The Balaban J connectivity index is 2.16. The molecule has 0 aliphatic heterocycles. The zero-order valence-electron chi connectivity index (χ0n) is 12.0. The lowest BCUT2D eigenvalue weighted by molar-refractivity contribution is 0.201. The molecule has 4 nitrogen and oxygen atoms in total. The average molecular weight is 299 g/mol. The maximum absolute atomic E-state index is 9.63. The molecule has 3 rings (SSSR count). The van der Waals surface area contributed by atoms with Crippen LogP contribution in [0.5, 0.6) is 0 Å². The van der Waals surface area contributed by atoms with E-state index < -0.39 is 6.10 Å². The molecule has 5 heteroatoms. The molecule has 0 saturated carbocycles. The Morgan fingerprint density at radius 1 is 1.24 bits per heavy atom. The van der Waals surface area contributed by atoms with Crippen LogP contribution in [0, 0.1) is 0 Å². The number of hydrogen-bond donors (Lipinski definition) is 1. The van der Waals surface area contributed by atoms with E-state index in [4.69, 9.17) is 4.98 Å². The normalized spacial score (nSPS) is 12.5. The van der Waals surface area contributed by atoms with Crippen LogP contribution in [0.25, 0.3) is 22.3 Å². The minimum absolute atomic E-state index is 0.409. The molecule has 1 atom stereocenters. The van der Waals surface area contributed by atoms with Gasteiger partial charge in [-0.15, -0.1) is 0 Å². The molecule has 2 aromatic heterocycles. The molecule has 108 valence electrons. The van der Waals surface area contributed by atoms with Gasteiger partial charge in [0.15, 0.2) is 5.82 Å². The fourth-order valence-electron chi connectivity index (χ4n) is 2.35. The smallest absolute Gasteiger partial charge is 0.162 e. The second-order valence-electron chi connectivity index (χ2n) is 5.13. The molecule has 0 aliphatic carbocycles. The summed E-state index contributed by atoms with van der Waals surface area (Å²) in [5.74, 6) is 1.57. The van der Waals surface area contributed by atoms with Crippen LogP contribution in [-0.2, 0) is 0 Å². The zero-order chi connectivity index (χ0) is 14.8. The molecule has 21 heavy (non-hydrogen) atoms. The van der Waals surface area contributed by atoms with Crippen molar-refractivity contribution in [2.24, 2.45) is 0 Å². The van der Waals surface area contributed by atoms with Crippen molar-refractivity contribution in [2.75, 3.05) is 18.5 Å². The summed E-state index contributed by atoms with van der Waals surface area (Å²) in [7, 11) is 1.94. The highest BCUT2D eigenvalue weighted by atomic mass is 32.1. The van der Waals surface area contributed by atoms with Crippen molar-refractivity contribution in [1.29, 1.82) is 0 Å². The SMILES string of the molecule is CC(O)CN(C)c1nc(-c2ccsc2)nc2ccccc12. The predicted molar refractivity (Wildman–Crippen MR) is 87.8 cm³/mol. The van der Waals surface area contributed by atoms with Gasteiger partial charge in [0.05, 0.1) is 11.6 Å². The van der Waals surface area contributed by atoms with Gasteiger partial charge in [0.1, 0.15) is 5.82 Å². The zero-order valence-corrected chi connectivity index (χ0v) is 12.8. The van der Waals surface area contributed by atoms with Crippen molar-refractivity contribution in [2.45, 2.75) is 13.0 Å². The molecular formula is C16H17N3OS. The average Bonchev–Trinajstić information content (AvgIpc) is 2.99. The number of thiophene rings is 1. The van der Waals surface area contributed by atoms with Crippen molar-refractivity contribution >= 4 is 28.1 Å². The van der Waals surface area contributed by atoms with Crippen LogP contribution in [0.15, 0.2) is 41.1 Å². The third kappa shape index (κ3) is 2.89. The van der Waals surface area contributed by atoms with Crippen LogP contribution in [0.3, 0.4) is 0 Å².